The fourth-order valence-corrected chi connectivity index (χ4v) is 4.30. The van der Waals surface area contributed by atoms with E-state index < -0.39 is 6.10 Å². The highest BCUT2D eigenvalue weighted by atomic mass is 16.5. The van der Waals surface area contributed by atoms with E-state index >= 15 is 0 Å². The average molecular weight is 354 g/mol. The molecule has 0 amide bonds. The van der Waals surface area contributed by atoms with Crippen LogP contribution in [0.2, 0.25) is 0 Å². The minimum absolute atomic E-state index is 0.00829. The Morgan fingerprint density at radius 3 is 2.62 bits per heavy atom. The van der Waals surface area contributed by atoms with Crippen LogP contribution in [0.1, 0.15) is 51.0 Å². The van der Waals surface area contributed by atoms with Crippen molar-refractivity contribution in [3.05, 3.63) is 40.4 Å². The zero-order chi connectivity index (χ0) is 18.3. The molecule has 0 radical (unpaired) electrons. The second-order valence-corrected chi connectivity index (χ2v) is 7.44. The van der Waals surface area contributed by atoms with Crippen molar-refractivity contribution in [2.24, 2.45) is 17.8 Å². The summed E-state index contributed by atoms with van der Waals surface area (Å²) in [6.07, 6.45) is 3.37. The van der Waals surface area contributed by atoms with Gasteiger partial charge in [-0.05, 0) is 44.7 Å². The molecule has 0 aliphatic heterocycles. The van der Waals surface area contributed by atoms with Crippen molar-refractivity contribution in [3.63, 3.8) is 0 Å². The minimum atomic E-state index is -0.641. The van der Waals surface area contributed by atoms with Gasteiger partial charge in [0.2, 0.25) is 0 Å². The third kappa shape index (κ3) is 3.04. The number of ketones is 1. The number of hydrogen-bond donors (Lipinski definition) is 1. The summed E-state index contributed by atoms with van der Waals surface area (Å²) in [6.45, 7) is 1.71. The first-order valence-corrected chi connectivity index (χ1v) is 9.26. The number of hydrogen-bond acceptors (Lipinski definition) is 5. The van der Waals surface area contributed by atoms with Crippen LogP contribution in [0.15, 0.2) is 29.1 Å². The monoisotopic (exact) mass is 354 g/mol. The van der Waals surface area contributed by atoms with E-state index in [1.165, 1.54) is 0 Å². The molecule has 2 aliphatic rings. The summed E-state index contributed by atoms with van der Waals surface area (Å²) in [4.78, 5) is 44.1. The number of rotatable bonds is 3. The number of H-pyrrole nitrogens is 1. The smallest absolute Gasteiger partial charge is 0.309 e. The van der Waals surface area contributed by atoms with Crippen molar-refractivity contribution in [1.82, 2.24) is 9.97 Å². The van der Waals surface area contributed by atoms with Gasteiger partial charge in [0.25, 0.3) is 5.56 Å². The van der Waals surface area contributed by atoms with E-state index in [4.69, 9.17) is 4.74 Å². The molecule has 1 aromatic heterocycles. The van der Waals surface area contributed by atoms with Gasteiger partial charge in [0.15, 0.2) is 11.9 Å². The van der Waals surface area contributed by atoms with Gasteiger partial charge < -0.3 is 9.72 Å². The first-order chi connectivity index (χ1) is 12.5. The fourth-order valence-electron chi connectivity index (χ4n) is 4.30. The van der Waals surface area contributed by atoms with E-state index in [9.17, 15) is 14.4 Å². The molecule has 1 aromatic carbocycles. The molecule has 2 saturated carbocycles. The zero-order valence-electron chi connectivity index (χ0n) is 14.7. The van der Waals surface area contributed by atoms with Crippen molar-refractivity contribution < 1.29 is 14.3 Å². The van der Waals surface area contributed by atoms with Gasteiger partial charge in [0, 0.05) is 11.8 Å². The maximum atomic E-state index is 12.6. The van der Waals surface area contributed by atoms with Crippen LogP contribution in [-0.2, 0) is 14.3 Å². The summed E-state index contributed by atoms with van der Waals surface area (Å²) >= 11 is 0. The molecule has 2 fully saturated rings. The second-order valence-electron chi connectivity index (χ2n) is 7.44. The number of carbonyl (C=O) groups is 2. The van der Waals surface area contributed by atoms with Crippen molar-refractivity contribution in [2.75, 3.05) is 0 Å². The van der Waals surface area contributed by atoms with Crippen LogP contribution in [-0.4, -0.2) is 21.7 Å². The molecule has 2 bridgehead atoms. The predicted octanol–water partition coefficient (Wildman–Crippen LogP) is 2.92. The summed E-state index contributed by atoms with van der Waals surface area (Å²) in [5, 5.41) is 0.508. The van der Waals surface area contributed by atoms with Gasteiger partial charge in [-0.2, -0.15) is 0 Å². The summed E-state index contributed by atoms with van der Waals surface area (Å²) in [5.41, 5.74) is 0.332. The first-order valence-electron chi connectivity index (χ1n) is 9.26. The van der Waals surface area contributed by atoms with E-state index in [0.717, 1.165) is 19.3 Å². The second kappa shape index (κ2) is 6.67. The molecule has 4 rings (SSSR count). The lowest BCUT2D eigenvalue weighted by Gasteiger charge is -2.36. The topological polar surface area (TPSA) is 89.1 Å². The van der Waals surface area contributed by atoms with Crippen LogP contribution in [0, 0.1) is 17.8 Å². The van der Waals surface area contributed by atoms with Crippen molar-refractivity contribution in [2.45, 2.75) is 45.1 Å². The molecule has 6 nitrogen and oxygen atoms in total. The Morgan fingerprint density at radius 1 is 1.19 bits per heavy atom. The number of fused-ring (bicyclic) bond motifs is 3. The lowest BCUT2D eigenvalue weighted by molar-refractivity contribution is -0.158. The molecule has 0 saturated heterocycles. The number of benzene rings is 1. The summed E-state index contributed by atoms with van der Waals surface area (Å²) in [7, 11) is 0. The molecule has 1 heterocycles. The number of aromatic nitrogens is 2. The van der Waals surface area contributed by atoms with Gasteiger partial charge in [-0.25, -0.2) is 4.98 Å². The van der Waals surface area contributed by atoms with Crippen LogP contribution in [0.3, 0.4) is 0 Å². The summed E-state index contributed by atoms with van der Waals surface area (Å²) in [6, 6.07) is 7.06. The van der Waals surface area contributed by atoms with Gasteiger partial charge in [-0.15, -0.1) is 0 Å². The van der Waals surface area contributed by atoms with Crippen LogP contribution < -0.4 is 5.56 Å². The number of Topliss-reactive ketones (excluding diaryl/α,β-unsaturated/α-hetero) is 1. The lowest BCUT2D eigenvalue weighted by atomic mass is 9.67. The SMILES string of the molecule is C[C@H](OC(=O)C1C[C@H]2CCC[C@@H](C1)C2=O)c1nc2ccccc2c(=O)[nH]1. The molecule has 0 spiro atoms. The third-order valence-corrected chi connectivity index (χ3v) is 5.69. The number of aromatic amines is 1. The molecular weight excluding hydrogens is 332 g/mol. The molecule has 2 aliphatic carbocycles. The quantitative estimate of drug-likeness (QED) is 0.856. The zero-order valence-corrected chi connectivity index (χ0v) is 14.7. The number of nitrogens with one attached hydrogen (secondary N) is 1. The van der Waals surface area contributed by atoms with Crippen molar-refractivity contribution in [1.29, 1.82) is 0 Å². The van der Waals surface area contributed by atoms with E-state index in [1.54, 1.807) is 25.1 Å². The maximum Gasteiger partial charge on any atom is 0.309 e. The molecule has 2 aromatic rings. The van der Waals surface area contributed by atoms with E-state index in [-0.39, 0.29) is 29.3 Å². The highest BCUT2D eigenvalue weighted by Crippen LogP contribution is 2.40. The molecule has 1 unspecified atom stereocenters. The summed E-state index contributed by atoms with van der Waals surface area (Å²) < 4.78 is 5.60. The number of ether oxygens (including phenoxy) is 1. The number of nitrogens with zero attached hydrogens (tertiary/aromatic N) is 1. The number of esters is 1. The molecule has 4 atom stereocenters. The van der Waals surface area contributed by atoms with E-state index in [1.807, 2.05) is 6.07 Å². The van der Waals surface area contributed by atoms with Gasteiger partial charge in [-0.3, -0.25) is 14.4 Å². The Bertz CT molecular complexity index is 903. The van der Waals surface area contributed by atoms with Crippen LogP contribution in [0.25, 0.3) is 10.9 Å². The Morgan fingerprint density at radius 2 is 1.88 bits per heavy atom. The number of para-hydroxylation sites is 1. The Hall–Kier alpha value is -2.50. The van der Waals surface area contributed by atoms with Crippen LogP contribution >= 0.6 is 0 Å². The highest BCUT2D eigenvalue weighted by Gasteiger charge is 2.42. The third-order valence-electron chi connectivity index (χ3n) is 5.69. The highest BCUT2D eigenvalue weighted by molar-refractivity contribution is 5.87. The molecule has 136 valence electrons. The molecule has 6 heteroatoms. The maximum absolute atomic E-state index is 12.6. The minimum Gasteiger partial charge on any atom is -0.454 e. The molecule has 26 heavy (non-hydrogen) atoms. The van der Waals surface area contributed by atoms with Gasteiger partial charge in [0.05, 0.1) is 16.8 Å². The van der Waals surface area contributed by atoms with Crippen molar-refractivity contribution >= 4 is 22.7 Å². The van der Waals surface area contributed by atoms with E-state index in [0.29, 0.717) is 35.4 Å². The van der Waals surface area contributed by atoms with Gasteiger partial charge in [-0.1, -0.05) is 18.6 Å². The number of carbonyl (C=O) groups excluding carboxylic acids is 2. The average Bonchev–Trinajstić information content (AvgIpc) is 2.61. The first kappa shape index (κ1) is 16.9. The lowest BCUT2D eigenvalue weighted by Crippen LogP contribution is -2.39. The van der Waals surface area contributed by atoms with Crippen LogP contribution in [0.5, 0.6) is 0 Å². The largest absolute Gasteiger partial charge is 0.454 e. The Balaban J connectivity index is 1.49. The fraction of sp³-hybridized carbons (Fsp3) is 0.500. The van der Waals surface area contributed by atoms with E-state index in [2.05, 4.69) is 9.97 Å². The van der Waals surface area contributed by atoms with Crippen molar-refractivity contribution in [3.8, 4) is 0 Å². The summed E-state index contributed by atoms with van der Waals surface area (Å²) in [5.74, 6) is 0.154. The molecule has 1 N–H and O–H groups in total. The van der Waals surface area contributed by atoms with Crippen LogP contribution in [0.4, 0.5) is 0 Å². The van der Waals surface area contributed by atoms with Gasteiger partial charge >= 0.3 is 5.97 Å². The Kier molecular flexibility index (Phi) is 4.34. The predicted molar refractivity (Wildman–Crippen MR) is 95.4 cm³/mol. The normalized spacial score (nSPS) is 26.5. The molecular formula is C20H22N2O4. The van der Waals surface area contributed by atoms with Gasteiger partial charge in [0.1, 0.15) is 5.78 Å². The Labute approximate surface area is 151 Å². The standard InChI is InChI=1S/C20H22N2O4/c1-11(18-21-16-8-3-2-7-15(16)19(24)22-18)26-20(25)14-9-12-5-4-6-13(10-14)17(12)23/h2-3,7-8,11-14H,4-6,9-10H2,1H3,(H,21,22,24)/t11-,12-,13+,14?/m0/s1.